The number of benzene rings is 1. The van der Waals surface area contributed by atoms with E-state index in [-0.39, 0.29) is 12.2 Å². The van der Waals surface area contributed by atoms with Gasteiger partial charge in [-0.15, -0.1) is 0 Å². The average molecular weight is 287 g/mol. The molecular formula is C17H21NO3. The van der Waals surface area contributed by atoms with Crippen LogP contribution >= 0.6 is 0 Å². The Balaban J connectivity index is 1.86. The minimum Gasteiger partial charge on any atom is -0.454 e. The first-order chi connectivity index (χ1) is 9.96. The van der Waals surface area contributed by atoms with Gasteiger partial charge in [-0.2, -0.15) is 5.26 Å². The predicted octanol–water partition coefficient (Wildman–Crippen LogP) is 3.56. The lowest BCUT2D eigenvalue weighted by atomic mass is 9.62. The Bertz CT molecular complexity index is 578. The van der Waals surface area contributed by atoms with Crippen molar-refractivity contribution in [2.45, 2.75) is 45.6 Å². The van der Waals surface area contributed by atoms with E-state index >= 15 is 0 Å². The Labute approximate surface area is 125 Å². The van der Waals surface area contributed by atoms with E-state index in [9.17, 15) is 10.4 Å². The van der Waals surface area contributed by atoms with Crippen LogP contribution < -0.4 is 9.47 Å². The van der Waals surface area contributed by atoms with E-state index in [2.05, 4.69) is 19.9 Å². The van der Waals surface area contributed by atoms with E-state index in [0.29, 0.717) is 11.5 Å². The summed E-state index contributed by atoms with van der Waals surface area (Å²) >= 11 is 0. The molecule has 112 valence electrons. The van der Waals surface area contributed by atoms with E-state index in [4.69, 9.17) is 9.47 Å². The molecule has 1 aliphatic carbocycles. The van der Waals surface area contributed by atoms with Gasteiger partial charge in [-0.05, 0) is 48.8 Å². The summed E-state index contributed by atoms with van der Waals surface area (Å²) in [6.07, 6.45) is 2.59. The van der Waals surface area contributed by atoms with Crippen molar-refractivity contribution in [3.8, 4) is 17.6 Å². The first-order valence-corrected chi connectivity index (χ1v) is 7.45. The molecule has 1 aromatic rings. The van der Waals surface area contributed by atoms with Crippen LogP contribution in [0.5, 0.6) is 11.5 Å². The maximum atomic E-state index is 10.8. The molecule has 0 amide bonds. The number of nitrogens with zero attached hydrogens (tertiary/aromatic N) is 1. The average Bonchev–Trinajstić information content (AvgIpc) is 2.94. The summed E-state index contributed by atoms with van der Waals surface area (Å²) in [6.45, 7) is 4.66. The second kappa shape index (κ2) is 4.92. The smallest absolute Gasteiger partial charge is 0.231 e. The SMILES string of the molecule is CC1(C)CCC(C#N)(C(O)c2ccc3c(c2)OCO3)CC1. The molecule has 0 radical (unpaired) electrons. The molecule has 0 aromatic heterocycles. The molecule has 0 bridgehead atoms. The highest BCUT2D eigenvalue weighted by atomic mass is 16.7. The molecule has 1 heterocycles. The number of rotatable bonds is 2. The van der Waals surface area contributed by atoms with Crippen molar-refractivity contribution in [1.29, 1.82) is 5.26 Å². The van der Waals surface area contributed by atoms with Gasteiger partial charge in [-0.3, -0.25) is 0 Å². The molecule has 2 aliphatic rings. The monoisotopic (exact) mass is 287 g/mol. The zero-order chi connectivity index (χ0) is 15.1. The third-order valence-corrected chi connectivity index (χ3v) is 4.95. The van der Waals surface area contributed by atoms with Gasteiger partial charge < -0.3 is 14.6 Å². The van der Waals surface area contributed by atoms with Crippen LogP contribution in [-0.4, -0.2) is 11.9 Å². The molecule has 1 N–H and O–H groups in total. The molecule has 1 atom stereocenters. The largest absolute Gasteiger partial charge is 0.454 e. The van der Waals surface area contributed by atoms with E-state index < -0.39 is 11.5 Å². The van der Waals surface area contributed by atoms with Crippen molar-refractivity contribution in [3.05, 3.63) is 23.8 Å². The summed E-state index contributed by atoms with van der Waals surface area (Å²) < 4.78 is 10.6. The van der Waals surface area contributed by atoms with Gasteiger partial charge in [-0.25, -0.2) is 0 Å². The summed E-state index contributed by atoms with van der Waals surface area (Å²) in [7, 11) is 0. The van der Waals surface area contributed by atoms with Gasteiger partial charge in [0.25, 0.3) is 0 Å². The minimum absolute atomic E-state index is 0.215. The minimum atomic E-state index is -0.784. The lowest BCUT2D eigenvalue weighted by molar-refractivity contribution is 0.00946. The van der Waals surface area contributed by atoms with E-state index in [1.807, 2.05) is 6.07 Å². The summed E-state index contributed by atoms with van der Waals surface area (Å²) in [6, 6.07) is 7.83. The second-order valence-electron chi connectivity index (χ2n) is 6.95. The quantitative estimate of drug-likeness (QED) is 0.903. The standard InChI is InChI=1S/C17H21NO3/c1-16(2)5-7-17(10-18,8-6-16)15(19)12-3-4-13-14(9-12)21-11-20-13/h3-4,9,15,19H,5-8,11H2,1-2H3. The highest BCUT2D eigenvalue weighted by Gasteiger charge is 2.44. The molecule has 1 aliphatic heterocycles. The summed E-state index contributed by atoms with van der Waals surface area (Å²) in [4.78, 5) is 0. The van der Waals surface area contributed by atoms with Crippen LogP contribution in [0.15, 0.2) is 18.2 Å². The van der Waals surface area contributed by atoms with Crippen molar-refractivity contribution < 1.29 is 14.6 Å². The number of ether oxygens (including phenoxy) is 2. The Morgan fingerprint density at radius 2 is 1.81 bits per heavy atom. The van der Waals surface area contributed by atoms with E-state index in [1.54, 1.807) is 12.1 Å². The zero-order valence-corrected chi connectivity index (χ0v) is 12.6. The van der Waals surface area contributed by atoms with E-state index in [0.717, 1.165) is 31.2 Å². The fraction of sp³-hybridized carbons (Fsp3) is 0.588. The molecule has 0 spiro atoms. The molecule has 1 aromatic carbocycles. The Morgan fingerprint density at radius 3 is 2.48 bits per heavy atom. The van der Waals surface area contributed by atoms with Crippen LogP contribution in [0.3, 0.4) is 0 Å². The van der Waals surface area contributed by atoms with Crippen LogP contribution in [0.1, 0.15) is 51.2 Å². The maximum Gasteiger partial charge on any atom is 0.231 e. The van der Waals surface area contributed by atoms with Gasteiger partial charge in [0.1, 0.15) is 0 Å². The Hall–Kier alpha value is -1.73. The molecule has 21 heavy (non-hydrogen) atoms. The van der Waals surface area contributed by atoms with Crippen molar-refractivity contribution in [2.75, 3.05) is 6.79 Å². The van der Waals surface area contributed by atoms with Crippen LogP contribution in [0.25, 0.3) is 0 Å². The molecule has 1 saturated carbocycles. The normalized spacial score (nSPS) is 23.3. The van der Waals surface area contributed by atoms with Gasteiger partial charge in [0.2, 0.25) is 6.79 Å². The van der Waals surface area contributed by atoms with Gasteiger partial charge in [-0.1, -0.05) is 19.9 Å². The highest BCUT2D eigenvalue weighted by Crippen LogP contribution is 2.51. The van der Waals surface area contributed by atoms with Gasteiger partial charge in [0.15, 0.2) is 11.5 Å². The third kappa shape index (κ3) is 2.47. The molecule has 4 nitrogen and oxygen atoms in total. The van der Waals surface area contributed by atoms with E-state index in [1.165, 1.54) is 0 Å². The van der Waals surface area contributed by atoms with Crippen molar-refractivity contribution in [2.24, 2.45) is 10.8 Å². The fourth-order valence-electron chi connectivity index (χ4n) is 3.22. The number of aliphatic hydroxyl groups excluding tert-OH is 1. The Kier molecular flexibility index (Phi) is 3.33. The highest BCUT2D eigenvalue weighted by molar-refractivity contribution is 5.45. The third-order valence-electron chi connectivity index (χ3n) is 4.95. The van der Waals surface area contributed by atoms with Crippen LogP contribution in [-0.2, 0) is 0 Å². The lowest BCUT2D eigenvalue weighted by Gasteiger charge is -2.42. The molecule has 4 heteroatoms. The molecule has 3 rings (SSSR count). The summed E-state index contributed by atoms with van der Waals surface area (Å²) in [5.74, 6) is 1.34. The maximum absolute atomic E-state index is 10.8. The van der Waals surface area contributed by atoms with Crippen LogP contribution in [0, 0.1) is 22.2 Å². The van der Waals surface area contributed by atoms with Gasteiger partial charge in [0, 0.05) is 0 Å². The first-order valence-electron chi connectivity index (χ1n) is 7.45. The molecular weight excluding hydrogens is 266 g/mol. The van der Waals surface area contributed by atoms with Crippen molar-refractivity contribution in [3.63, 3.8) is 0 Å². The topological polar surface area (TPSA) is 62.5 Å². The number of fused-ring (bicyclic) bond motifs is 1. The predicted molar refractivity (Wildman–Crippen MR) is 77.8 cm³/mol. The molecule has 1 unspecified atom stereocenters. The summed E-state index contributed by atoms with van der Waals surface area (Å²) in [5, 5.41) is 20.4. The van der Waals surface area contributed by atoms with Crippen LogP contribution in [0.4, 0.5) is 0 Å². The lowest BCUT2D eigenvalue weighted by Crippen LogP contribution is -2.35. The first kappa shape index (κ1) is 14.2. The second-order valence-corrected chi connectivity index (χ2v) is 6.95. The zero-order valence-electron chi connectivity index (χ0n) is 12.6. The van der Waals surface area contributed by atoms with Crippen molar-refractivity contribution in [1.82, 2.24) is 0 Å². The molecule has 0 saturated heterocycles. The molecule has 1 fully saturated rings. The van der Waals surface area contributed by atoms with Crippen molar-refractivity contribution >= 4 is 0 Å². The summed E-state index contributed by atoms with van der Waals surface area (Å²) in [5.41, 5.74) is 0.304. The fourth-order valence-corrected chi connectivity index (χ4v) is 3.22. The number of hydrogen-bond acceptors (Lipinski definition) is 4. The number of nitriles is 1. The van der Waals surface area contributed by atoms with Gasteiger partial charge >= 0.3 is 0 Å². The number of hydrogen-bond donors (Lipinski definition) is 1. The van der Waals surface area contributed by atoms with Crippen LogP contribution in [0.2, 0.25) is 0 Å². The van der Waals surface area contributed by atoms with Gasteiger partial charge in [0.05, 0.1) is 17.6 Å². The Morgan fingerprint density at radius 1 is 1.14 bits per heavy atom. The number of aliphatic hydroxyl groups is 1.